The number of carbonyl (C=O) groups is 1. The summed E-state index contributed by atoms with van der Waals surface area (Å²) in [5, 5.41) is 13.3. The number of alkyl halides is 3. The lowest BCUT2D eigenvalue weighted by atomic mass is 9.99. The van der Waals surface area contributed by atoms with Gasteiger partial charge in [-0.2, -0.15) is 18.4 Å². The molecule has 0 saturated carbocycles. The molecular weight excluding hydrogens is 535 g/mol. The fourth-order valence-electron chi connectivity index (χ4n) is 3.61. The highest BCUT2D eigenvalue weighted by atomic mass is 35.5. The molecule has 1 N–H and O–H groups in total. The monoisotopic (exact) mass is 553 g/mol. The number of benzene rings is 3. The Hall–Kier alpha value is -4.00. The van der Waals surface area contributed by atoms with Crippen molar-refractivity contribution < 1.29 is 22.7 Å². The lowest BCUT2D eigenvalue weighted by molar-refractivity contribution is -0.137. The van der Waals surface area contributed by atoms with Crippen LogP contribution in [0.5, 0.6) is 5.75 Å². The van der Waals surface area contributed by atoms with Crippen molar-refractivity contribution in [3.05, 3.63) is 95.0 Å². The van der Waals surface area contributed by atoms with Gasteiger partial charge in [-0.05, 0) is 66.2 Å². The molecule has 0 aliphatic rings. The van der Waals surface area contributed by atoms with Crippen molar-refractivity contribution in [2.75, 3.05) is 18.2 Å². The number of methoxy groups -OCH3 is 1. The van der Waals surface area contributed by atoms with Gasteiger partial charge in [-0.25, -0.2) is 4.98 Å². The Labute approximate surface area is 226 Å². The zero-order valence-electron chi connectivity index (χ0n) is 19.8. The van der Waals surface area contributed by atoms with Gasteiger partial charge in [0, 0.05) is 21.8 Å². The summed E-state index contributed by atoms with van der Waals surface area (Å²) in [7, 11) is 1.56. The minimum atomic E-state index is -4.53. The van der Waals surface area contributed by atoms with Gasteiger partial charge in [-0.15, -0.1) is 0 Å². The van der Waals surface area contributed by atoms with E-state index in [1.165, 1.54) is 12.1 Å². The number of nitrogens with one attached hydrogen (secondary N) is 1. The summed E-state index contributed by atoms with van der Waals surface area (Å²) in [4.78, 5) is 17.3. The second-order valence-corrected chi connectivity index (χ2v) is 9.40. The molecule has 10 heteroatoms. The predicted octanol–water partition coefficient (Wildman–Crippen LogP) is 7.70. The number of ether oxygens (including phenoxy) is 1. The van der Waals surface area contributed by atoms with Crippen LogP contribution in [0.4, 0.5) is 18.9 Å². The molecule has 3 aromatic carbocycles. The van der Waals surface area contributed by atoms with E-state index in [0.717, 1.165) is 35.0 Å². The lowest BCUT2D eigenvalue weighted by Crippen LogP contribution is -2.15. The summed E-state index contributed by atoms with van der Waals surface area (Å²) < 4.78 is 44.2. The molecule has 0 aliphatic heterocycles. The third-order valence-electron chi connectivity index (χ3n) is 5.45. The maximum Gasteiger partial charge on any atom is 0.416 e. The van der Waals surface area contributed by atoms with Crippen molar-refractivity contribution in [1.82, 2.24) is 4.98 Å². The Morgan fingerprint density at radius 1 is 1.05 bits per heavy atom. The SMILES string of the molecule is COc1ccc(-c2cc(-c3ccc(Cl)cc3)c(C#N)c(SCC(=O)Nc3cccc(C(F)(F)F)c3)n2)cc1. The molecule has 0 atom stereocenters. The van der Waals surface area contributed by atoms with Crippen LogP contribution in [0.3, 0.4) is 0 Å². The van der Waals surface area contributed by atoms with Crippen LogP contribution in [0, 0.1) is 11.3 Å². The van der Waals surface area contributed by atoms with E-state index in [2.05, 4.69) is 16.4 Å². The summed E-state index contributed by atoms with van der Waals surface area (Å²) >= 11 is 7.06. The number of pyridine rings is 1. The van der Waals surface area contributed by atoms with Crippen LogP contribution in [0.1, 0.15) is 11.1 Å². The first-order valence-electron chi connectivity index (χ1n) is 11.1. The van der Waals surface area contributed by atoms with Gasteiger partial charge < -0.3 is 10.1 Å². The first kappa shape index (κ1) is 27.0. The highest BCUT2D eigenvalue weighted by Gasteiger charge is 2.30. The number of nitriles is 1. The van der Waals surface area contributed by atoms with Crippen LogP contribution >= 0.6 is 23.4 Å². The van der Waals surface area contributed by atoms with Gasteiger partial charge in [0.15, 0.2) is 0 Å². The Kier molecular flexibility index (Phi) is 8.25. The topological polar surface area (TPSA) is 75.0 Å². The zero-order chi connectivity index (χ0) is 27.3. The van der Waals surface area contributed by atoms with E-state index in [9.17, 15) is 23.2 Å². The molecular formula is C28H19ClF3N3O2S. The number of thioether (sulfide) groups is 1. The number of nitrogens with zero attached hydrogens (tertiary/aromatic N) is 2. The van der Waals surface area contributed by atoms with Crippen LogP contribution in [-0.4, -0.2) is 23.8 Å². The molecule has 0 bridgehead atoms. The average molecular weight is 554 g/mol. The Morgan fingerprint density at radius 3 is 2.37 bits per heavy atom. The van der Waals surface area contributed by atoms with Crippen LogP contribution in [-0.2, 0) is 11.0 Å². The standard InChI is InChI=1S/C28H19ClF3N3O2S/c1-37-22-11-7-18(8-12-22)25-14-23(17-5-9-20(29)10-6-17)24(15-33)27(35-25)38-16-26(36)34-21-4-2-3-19(13-21)28(30,31)32/h2-14H,16H2,1H3,(H,34,36). The summed E-state index contributed by atoms with van der Waals surface area (Å²) in [5.74, 6) is -0.0478. The summed E-state index contributed by atoms with van der Waals surface area (Å²) in [6.07, 6.45) is -4.53. The summed E-state index contributed by atoms with van der Waals surface area (Å²) in [6.45, 7) is 0. The van der Waals surface area contributed by atoms with Crippen LogP contribution in [0.2, 0.25) is 5.02 Å². The van der Waals surface area contributed by atoms with E-state index in [-0.39, 0.29) is 17.0 Å². The van der Waals surface area contributed by atoms with Gasteiger partial charge in [0.25, 0.3) is 0 Å². The zero-order valence-corrected chi connectivity index (χ0v) is 21.4. The van der Waals surface area contributed by atoms with Gasteiger partial charge in [0.2, 0.25) is 5.91 Å². The summed E-state index contributed by atoms with van der Waals surface area (Å²) in [6, 6.07) is 22.6. The molecule has 0 radical (unpaired) electrons. The first-order valence-corrected chi connectivity index (χ1v) is 12.5. The maximum absolute atomic E-state index is 13.0. The predicted molar refractivity (Wildman–Crippen MR) is 142 cm³/mol. The van der Waals surface area contributed by atoms with Gasteiger partial charge >= 0.3 is 6.18 Å². The molecule has 4 rings (SSSR count). The van der Waals surface area contributed by atoms with E-state index < -0.39 is 17.6 Å². The van der Waals surface area contributed by atoms with Crippen molar-refractivity contribution in [3.8, 4) is 34.2 Å². The van der Waals surface area contributed by atoms with Crippen LogP contribution < -0.4 is 10.1 Å². The highest BCUT2D eigenvalue weighted by molar-refractivity contribution is 8.00. The fourth-order valence-corrected chi connectivity index (χ4v) is 4.53. The summed E-state index contributed by atoms with van der Waals surface area (Å²) in [5.41, 5.74) is 2.09. The minimum absolute atomic E-state index is 0.0210. The maximum atomic E-state index is 13.0. The molecule has 192 valence electrons. The molecule has 1 aromatic heterocycles. The third-order valence-corrected chi connectivity index (χ3v) is 6.68. The van der Waals surface area contributed by atoms with Gasteiger partial charge in [0.1, 0.15) is 16.8 Å². The number of carbonyl (C=O) groups excluding carboxylic acids is 1. The minimum Gasteiger partial charge on any atom is -0.497 e. The lowest BCUT2D eigenvalue weighted by Gasteiger charge is -2.13. The van der Waals surface area contributed by atoms with Crippen molar-refractivity contribution in [3.63, 3.8) is 0 Å². The van der Waals surface area contributed by atoms with Gasteiger partial charge in [-0.3, -0.25) is 4.79 Å². The fraction of sp³-hybridized carbons (Fsp3) is 0.107. The quantitative estimate of drug-likeness (QED) is 0.237. The molecule has 38 heavy (non-hydrogen) atoms. The molecule has 1 amide bonds. The Bertz CT molecular complexity index is 1500. The number of rotatable bonds is 7. The number of amides is 1. The Morgan fingerprint density at radius 2 is 1.74 bits per heavy atom. The van der Waals surface area contributed by atoms with E-state index >= 15 is 0 Å². The second-order valence-electron chi connectivity index (χ2n) is 8.00. The number of anilines is 1. The number of hydrogen-bond acceptors (Lipinski definition) is 5. The molecule has 0 saturated heterocycles. The van der Waals surface area contributed by atoms with Crippen molar-refractivity contribution >= 4 is 35.0 Å². The third kappa shape index (κ3) is 6.46. The number of aromatic nitrogens is 1. The van der Waals surface area contributed by atoms with Crippen molar-refractivity contribution in [2.45, 2.75) is 11.2 Å². The first-order chi connectivity index (χ1) is 18.2. The Balaban J connectivity index is 1.66. The van der Waals surface area contributed by atoms with Crippen molar-refractivity contribution in [2.24, 2.45) is 0 Å². The highest BCUT2D eigenvalue weighted by Crippen LogP contribution is 2.35. The molecule has 1 heterocycles. The molecule has 5 nitrogen and oxygen atoms in total. The molecule has 0 unspecified atom stereocenters. The van der Waals surface area contributed by atoms with Crippen LogP contribution in [0.15, 0.2) is 83.9 Å². The largest absolute Gasteiger partial charge is 0.497 e. The molecule has 0 aliphatic carbocycles. The van der Waals surface area contributed by atoms with E-state index in [4.69, 9.17) is 16.3 Å². The van der Waals surface area contributed by atoms with E-state index in [1.807, 2.05) is 12.1 Å². The number of hydrogen-bond donors (Lipinski definition) is 1. The number of halogens is 4. The van der Waals surface area contributed by atoms with Crippen molar-refractivity contribution in [1.29, 1.82) is 5.26 Å². The van der Waals surface area contributed by atoms with E-state index in [1.54, 1.807) is 49.6 Å². The van der Waals surface area contributed by atoms with E-state index in [0.29, 0.717) is 27.1 Å². The van der Waals surface area contributed by atoms with Gasteiger partial charge in [-0.1, -0.05) is 41.6 Å². The van der Waals surface area contributed by atoms with Gasteiger partial charge in [0.05, 0.1) is 29.7 Å². The molecule has 4 aromatic rings. The average Bonchev–Trinajstić information content (AvgIpc) is 2.91. The second kappa shape index (κ2) is 11.6. The molecule has 0 fully saturated rings. The molecule has 0 spiro atoms. The van der Waals surface area contributed by atoms with Crippen LogP contribution in [0.25, 0.3) is 22.4 Å². The smallest absolute Gasteiger partial charge is 0.416 e. The normalized spacial score (nSPS) is 11.1.